The van der Waals surface area contributed by atoms with E-state index in [2.05, 4.69) is 15.4 Å². The Morgan fingerprint density at radius 3 is 2.58 bits per heavy atom. The third-order valence-electron chi connectivity index (χ3n) is 4.52. The average molecular weight is 389 g/mol. The van der Waals surface area contributed by atoms with Gasteiger partial charge in [-0.25, -0.2) is 9.67 Å². The monoisotopic (exact) mass is 388 g/mol. The molecule has 1 aromatic carbocycles. The minimum absolute atomic E-state index is 0.0902. The van der Waals surface area contributed by atoms with Crippen LogP contribution >= 0.6 is 22.9 Å². The molecule has 0 spiro atoms. The molecule has 2 aromatic heterocycles. The summed E-state index contributed by atoms with van der Waals surface area (Å²) in [6.45, 7) is 9.82. The minimum Gasteiger partial charge on any atom is -0.326 e. The number of nitrogens with zero attached hydrogens (tertiary/aromatic N) is 3. The van der Waals surface area contributed by atoms with Gasteiger partial charge in [-0.2, -0.15) is 5.10 Å². The van der Waals surface area contributed by atoms with E-state index in [1.807, 2.05) is 57.5 Å². The summed E-state index contributed by atoms with van der Waals surface area (Å²) in [5, 5.41) is 9.00. The molecule has 0 atom stereocenters. The Labute approximate surface area is 162 Å². The van der Waals surface area contributed by atoms with Crippen LogP contribution < -0.4 is 5.32 Å². The summed E-state index contributed by atoms with van der Waals surface area (Å²) >= 11 is 7.73. The second kappa shape index (κ2) is 7.21. The fourth-order valence-electron chi connectivity index (χ4n) is 2.76. The fourth-order valence-corrected chi connectivity index (χ4v) is 3.85. The van der Waals surface area contributed by atoms with Gasteiger partial charge in [-0.05, 0) is 52.3 Å². The van der Waals surface area contributed by atoms with Crippen molar-refractivity contribution in [2.75, 3.05) is 5.32 Å². The molecule has 1 amide bonds. The van der Waals surface area contributed by atoms with E-state index in [0.717, 1.165) is 39.0 Å². The molecule has 0 unspecified atom stereocenters. The standard InChI is InChI=1S/C19H21ClN4OS/c1-10-16(20)7-6-8-17(10)22-18(25)9-15-12(3)23-24(13(15)4)19-21-11(2)14(5)26-19/h6-8H,9H2,1-5H3,(H,22,25). The van der Waals surface area contributed by atoms with Crippen molar-refractivity contribution in [3.63, 3.8) is 0 Å². The van der Waals surface area contributed by atoms with Crippen LogP contribution in [0.15, 0.2) is 18.2 Å². The van der Waals surface area contributed by atoms with Gasteiger partial charge >= 0.3 is 0 Å². The molecule has 0 radical (unpaired) electrons. The molecular weight excluding hydrogens is 368 g/mol. The lowest BCUT2D eigenvalue weighted by Crippen LogP contribution is -2.16. The number of rotatable bonds is 4. The molecule has 0 aliphatic carbocycles. The van der Waals surface area contributed by atoms with E-state index in [0.29, 0.717) is 5.02 Å². The molecule has 3 rings (SSSR count). The highest BCUT2D eigenvalue weighted by atomic mass is 35.5. The van der Waals surface area contributed by atoms with Gasteiger partial charge in [0, 0.05) is 26.8 Å². The molecule has 0 saturated carbocycles. The summed E-state index contributed by atoms with van der Waals surface area (Å²) in [7, 11) is 0. The third kappa shape index (κ3) is 3.52. The third-order valence-corrected chi connectivity index (χ3v) is 5.98. The summed E-state index contributed by atoms with van der Waals surface area (Å²) < 4.78 is 1.83. The van der Waals surface area contributed by atoms with E-state index in [4.69, 9.17) is 11.6 Å². The number of hydrogen-bond acceptors (Lipinski definition) is 4. The van der Waals surface area contributed by atoms with Crippen LogP contribution in [0.25, 0.3) is 5.13 Å². The van der Waals surface area contributed by atoms with Crippen molar-refractivity contribution < 1.29 is 4.79 Å². The van der Waals surface area contributed by atoms with Crippen LogP contribution in [0.4, 0.5) is 5.69 Å². The predicted octanol–water partition coefficient (Wildman–Crippen LogP) is 4.71. The van der Waals surface area contributed by atoms with Gasteiger partial charge in [-0.3, -0.25) is 4.79 Å². The summed E-state index contributed by atoms with van der Waals surface area (Å²) in [4.78, 5) is 18.3. The maximum atomic E-state index is 12.5. The fraction of sp³-hybridized carbons (Fsp3) is 0.316. The van der Waals surface area contributed by atoms with E-state index in [1.54, 1.807) is 11.3 Å². The average Bonchev–Trinajstić information content (AvgIpc) is 3.05. The maximum absolute atomic E-state index is 12.5. The maximum Gasteiger partial charge on any atom is 0.228 e. The lowest BCUT2D eigenvalue weighted by Gasteiger charge is -2.09. The van der Waals surface area contributed by atoms with Crippen molar-refractivity contribution in [2.45, 2.75) is 41.0 Å². The zero-order valence-electron chi connectivity index (χ0n) is 15.5. The number of hydrogen-bond donors (Lipinski definition) is 1. The summed E-state index contributed by atoms with van der Waals surface area (Å²) in [5.41, 5.74) is 5.30. The van der Waals surface area contributed by atoms with Gasteiger partial charge in [-0.15, -0.1) is 0 Å². The first-order valence-electron chi connectivity index (χ1n) is 8.32. The summed E-state index contributed by atoms with van der Waals surface area (Å²) in [6.07, 6.45) is 0.257. The van der Waals surface area contributed by atoms with Crippen molar-refractivity contribution in [1.82, 2.24) is 14.8 Å². The Morgan fingerprint density at radius 2 is 1.92 bits per heavy atom. The molecule has 7 heteroatoms. The number of carbonyl (C=O) groups excluding carboxylic acids is 1. The van der Waals surface area contributed by atoms with Crippen molar-refractivity contribution in [3.05, 3.63) is 56.3 Å². The molecule has 3 aromatic rings. The first kappa shape index (κ1) is 18.6. The molecule has 1 N–H and O–H groups in total. The Bertz CT molecular complexity index is 970. The lowest BCUT2D eigenvalue weighted by molar-refractivity contribution is -0.115. The van der Waals surface area contributed by atoms with Crippen LogP contribution in [0.1, 0.15) is 33.1 Å². The van der Waals surface area contributed by atoms with Crippen LogP contribution in [-0.2, 0) is 11.2 Å². The second-order valence-corrected chi connectivity index (χ2v) is 7.93. The van der Waals surface area contributed by atoms with Crippen LogP contribution in [-0.4, -0.2) is 20.7 Å². The normalized spacial score (nSPS) is 11.0. The minimum atomic E-state index is -0.0902. The van der Waals surface area contributed by atoms with E-state index in [-0.39, 0.29) is 12.3 Å². The molecule has 0 aliphatic rings. The number of thiazole rings is 1. The summed E-state index contributed by atoms with van der Waals surface area (Å²) in [5.74, 6) is -0.0902. The molecule has 5 nitrogen and oxygen atoms in total. The first-order chi connectivity index (χ1) is 12.3. The van der Waals surface area contributed by atoms with Crippen molar-refractivity contribution in [2.24, 2.45) is 0 Å². The Kier molecular flexibility index (Phi) is 5.16. The molecule has 136 valence electrons. The van der Waals surface area contributed by atoms with Gasteiger partial charge in [0.25, 0.3) is 0 Å². The Morgan fingerprint density at radius 1 is 1.19 bits per heavy atom. The number of aryl methyl sites for hydroxylation is 3. The highest BCUT2D eigenvalue weighted by Crippen LogP contribution is 2.26. The number of amides is 1. The number of halogens is 1. The van der Waals surface area contributed by atoms with Crippen molar-refractivity contribution >= 4 is 34.5 Å². The number of anilines is 1. The highest BCUT2D eigenvalue weighted by molar-refractivity contribution is 7.14. The van der Waals surface area contributed by atoms with Crippen molar-refractivity contribution in [3.8, 4) is 5.13 Å². The number of carbonyl (C=O) groups is 1. The quantitative estimate of drug-likeness (QED) is 0.704. The van der Waals surface area contributed by atoms with Gasteiger partial charge in [0.15, 0.2) is 0 Å². The second-order valence-electron chi connectivity index (χ2n) is 6.34. The molecule has 0 fully saturated rings. The van der Waals surface area contributed by atoms with E-state index < -0.39 is 0 Å². The number of nitrogens with one attached hydrogen (secondary N) is 1. The topological polar surface area (TPSA) is 59.8 Å². The van der Waals surface area contributed by atoms with Gasteiger partial charge < -0.3 is 5.32 Å². The molecule has 0 saturated heterocycles. The summed E-state index contributed by atoms with van der Waals surface area (Å²) in [6, 6.07) is 5.48. The van der Waals surface area contributed by atoms with Gasteiger partial charge in [0.1, 0.15) is 0 Å². The van der Waals surface area contributed by atoms with Crippen LogP contribution in [0, 0.1) is 34.6 Å². The SMILES string of the molecule is Cc1nc(-n2nc(C)c(CC(=O)Nc3cccc(Cl)c3C)c2C)sc1C. The molecular formula is C19H21ClN4OS. The molecule has 0 bridgehead atoms. The van der Waals surface area contributed by atoms with E-state index in [1.165, 1.54) is 4.88 Å². The van der Waals surface area contributed by atoms with Gasteiger partial charge in [0.2, 0.25) is 11.0 Å². The predicted molar refractivity (Wildman–Crippen MR) is 107 cm³/mol. The van der Waals surface area contributed by atoms with Crippen molar-refractivity contribution in [1.29, 1.82) is 0 Å². The molecule has 2 heterocycles. The smallest absolute Gasteiger partial charge is 0.228 e. The van der Waals surface area contributed by atoms with Gasteiger partial charge in [0.05, 0.1) is 17.8 Å². The number of aromatic nitrogens is 3. The van der Waals surface area contributed by atoms with Gasteiger partial charge in [-0.1, -0.05) is 29.0 Å². The molecule has 0 aliphatic heterocycles. The molecule has 26 heavy (non-hydrogen) atoms. The van der Waals surface area contributed by atoms with E-state index in [9.17, 15) is 4.79 Å². The zero-order valence-corrected chi connectivity index (χ0v) is 17.0. The zero-order chi connectivity index (χ0) is 19.0. The van der Waals surface area contributed by atoms with Crippen LogP contribution in [0.2, 0.25) is 5.02 Å². The number of benzene rings is 1. The first-order valence-corrected chi connectivity index (χ1v) is 9.51. The van der Waals surface area contributed by atoms with E-state index >= 15 is 0 Å². The highest BCUT2D eigenvalue weighted by Gasteiger charge is 2.18. The lowest BCUT2D eigenvalue weighted by atomic mass is 10.1. The Hall–Kier alpha value is -2.18. The van der Waals surface area contributed by atoms with Crippen LogP contribution in [0.3, 0.4) is 0 Å². The largest absolute Gasteiger partial charge is 0.326 e. The van der Waals surface area contributed by atoms with Crippen LogP contribution in [0.5, 0.6) is 0 Å². The Balaban J connectivity index is 1.84.